The van der Waals surface area contributed by atoms with Gasteiger partial charge in [0.05, 0.1) is 19.3 Å². The van der Waals surface area contributed by atoms with Gasteiger partial charge < -0.3 is 14.1 Å². The van der Waals surface area contributed by atoms with E-state index in [1.165, 1.54) is 5.69 Å². The number of hydrogen-bond acceptors (Lipinski definition) is 5. The lowest BCUT2D eigenvalue weighted by Gasteiger charge is -2.36. The number of methoxy groups -OCH3 is 1. The topological polar surface area (TPSA) is 33.8 Å². The number of anilines is 1. The van der Waals surface area contributed by atoms with Crippen LogP contribution in [0.5, 0.6) is 5.75 Å². The van der Waals surface area contributed by atoms with Crippen LogP contribution in [0, 0.1) is 4.84 Å². The molecule has 26 heavy (non-hydrogen) atoms. The van der Waals surface area contributed by atoms with Crippen molar-refractivity contribution in [2.24, 2.45) is 0 Å². The van der Waals surface area contributed by atoms with Crippen LogP contribution in [0.1, 0.15) is 0 Å². The Hall–Kier alpha value is -2.02. The molecule has 1 aromatic heterocycles. The molecule has 0 spiro atoms. The van der Waals surface area contributed by atoms with E-state index in [0.29, 0.717) is 9.86 Å². The lowest BCUT2D eigenvalue weighted by molar-refractivity contribution is 0.204. The van der Waals surface area contributed by atoms with Gasteiger partial charge in [0.25, 0.3) is 4.84 Å². The first-order valence-electron chi connectivity index (χ1n) is 8.54. The van der Waals surface area contributed by atoms with Gasteiger partial charge in [0, 0.05) is 43.0 Å². The zero-order valence-electron chi connectivity index (χ0n) is 14.5. The molecule has 0 unspecified atom stereocenters. The van der Waals surface area contributed by atoms with Gasteiger partial charge in [-0.05, 0) is 48.6 Å². The van der Waals surface area contributed by atoms with E-state index < -0.39 is 0 Å². The van der Waals surface area contributed by atoms with Gasteiger partial charge >= 0.3 is 0 Å². The second-order valence-corrected chi connectivity index (χ2v) is 7.14. The van der Waals surface area contributed by atoms with E-state index >= 15 is 0 Å². The number of nitrogens with zero attached hydrogens (tertiary/aromatic N) is 3. The molecule has 0 atom stereocenters. The predicted octanol–water partition coefficient (Wildman–Crippen LogP) is 4.41. The Balaban J connectivity index is 1.44. The Bertz CT molecular complexity index is 959. The summed E-state index contributed by atoms with van der Waals surface area (Å²) in [5, 5.41) is 0.654. The van der Waals surface area contributed by atoms with Crippen molar-refractivity contribution in [3.8, 4) is 5.75 Å². The molecule has 1 aliphatic rings. The second-order valence-electron chi connectivity index (χ2n) is 6.35. The van der Waals surface area contributed by atoms with Gasteiger partial charge in [-0.25, -0.2) is 0 Å². The molecule has 1 fully saturated rings. The van der Waals surface area contributed by atoms with Gasteiger partial charge in [-0.3, -0.25) is 9.47 Å². The Labute approximate surface area is 162 Å². The lowest BCUT2D eigenvalue weighted by atomic mass is 10.2. The van der Waals surface area contributed by atoms with Crippen LogP contribution in [-0.4, -0.2) is 42.8 Å². The van der Waals surface area contributed by atoms with Crippen LogP contribution in [0.3, 0.4) is 0 Å². The zero-order chi connectivity index (χ0) is 18.1. The van der Waals surface area contributed by atoms with Crippen molar-refractivity contribution in [2.75, 3.05) is 38.2 Å². The van der Waals surface area contributed by atoms with Crippen molar-refractivity contribution in [3.05, 3.63) is 52.3 Å². The normalized spacial score (nSPS) is 15.5. The lowest BCUT2D eigenvalue weighted by Crippen LogP contribution is -2.46. The van der Waals surface area contributed by atoms with E-state index in [-0.39, 0.29) is 0 Å². The summed E-state index contributed by atoms with van der Waals surface area (Å²) < 4.78 is 12.9. The average molecular weight is 390 g/mol. The van der Waals surface area contributed by atoms with Gasteiger partial charge in [0.15, 0.2) is 5.58 Å². The number of benzene rings is 2. The van der Waals surface area contributed by atoms with Crippen LogP contribution < -0.4 is 9.64 Å². The van der Waals surface area contributed by atoms with Crippen LogP contribution in [0.4, 0.5) is 5.69 Å². The Morgan fingerprint density at radius 3 is 2.50 bits per heavy atom. The molecule has 136 valence electrons. The Morgan fingerprint density at radius 1 is 1.08 bits per heavy atom. The molecule has 3 aromatic rings. The van der Waals surface area contributed by atoms with Crippen molar-refractivity contribution in [3.63, 3.8) is 0 Å². The van der Waals surface area contributed by atoms with Crippen molar-refractivity contribution >= 4 is 40.6 Å². The summed E-state index contributed by atoms with van der Waals surface area (Å²) in [6.07, 6.45) is 0. The van der Waals surface area contributed by atoms with Crippen LogP contribution in [0.15, 0.2) is 46.9 Å². The smallest absolute Gasteiger partial charge is 0.270 e. The molecule has 0 N–H and O–H groups in total. The van der Waals surface area contributed by atoms with Gasteiger partial charge in [-0.1, -0.05) is 11.6 Å². The number of halogens is 1. The summed E-state index contributed by atoms with van der Waals surface area (Å²) in [4.78, 5) is 5.27. The minimum absolute atomic E-state index is 0.486. The fourth-order valence-electron chi connectivity index (χ4n) is 3.31. The molecule has 0 bridgehead atoms. The summed E-state index contributed by atoms with van der Waals surface area (Å²) in [6.45, 7) is 4.61. The maximum atomic E-state index is 6.04. The predicted molar refractivity (Wildman–Crippen MR) is 107 cm³/mol. The average Bonchev–Trinajstić information content (AvgIpc) is 2.97. The number of piperazine rings is 1. The van der Waals surface area contributed by atoms with E-state index in [1.54, 1.807) is 7.11 Å². The summed E-state index contributed by atoms with van der Waals surface area (Å²) >= 11 is 11.4. The van der Waals surface area contributed by atoms with Crippen molar-refractivity contribution < 1.29 is 9.15 Å². The summed E-state index contributed by atoms with van der Waals surface area (Å²) in [7, 11) is 1.69. The number of ether oxygens (including phenoxy) is 1. The fourth-order valence-corrected chi connectivity index (χ4v) is 3.72. The van der Waals surface area contributed by atoms with Gasteiger partial charge in [0.1, 0.15) is 5.75 Å². The summed E-state index contributed by atoms with van der Waals surface area (Å²) in [5.74, 6) is 0.883. The highest BCUT2D eigenvalue weighted by Crippen LogP contribution is 2.23. The highest BCUT2D eigenvalue weighted by molar-refractivity contribution is 7.71. The first-order chi connectivity index (χ1) is 12.6. The first kappa shape index (κ1) is 17.4. The number of hydrogen-bond donors (Lipinski definition) is 0. The molecule has 0 amide bonds. The van der Waals surface area contributed by atoms with Crippen molar-refractivity contribution in [1.82, 2.24) is 9.47 Å². The number of rotatable bonds is 4. The summed E-state index contributed by atoms with van der Waals surface area (Å²) in [6, 6.07) is 13.9. The third-order valence-electron chi connectivity index (χ3n) is 4.78. The molecule has 7 heteroatoms. The van der Waals surface area contributed by atoms with Crippen LogP contribution >= 0.6 is 23.8 Å². The third-order valence-corrected chi connectivity index (χ3v) is 5.32. The summed E-state index contributed by atoms with van der Waals surface area (Å²) in [5.41, 5.74) is 2.95. The highest BCUT2D eigenvalue weighted by atomic mass is 35.5. The number of oxazole rings is 1. The van der Waals surface area contributed by atoms with Crippen LogP contribution in [0.2, 0.25) is 5.02 Å². The van der Waals surface area contributed by atoms with Gasteiger partial charge in [-0.15, -0.1) is 0 Å². The monoisotopic (exact) mass is 389 g/mol. The largest absolute Gasteiger partial charge is 0.497 e. The van der Waals surface area contributed by atoms with Crippen LogP contribution in [-0.2, 0) is 6.67 Å². The quantitative estimate of drug-likeness (QED) is 0.617. The van der Waals surface area contributed by atoms with Gasteiger partial charge in [0.2, 0.25) is 0 Å². The minimum Gasteiger partial charge on any atom is -0.497 e. The Morgan fingerprint density at radius 2 is 1.81 bits per heavy atom. The standard InChI is InChI=1S/C19H20ClN3O2S/c1-24-16-5-3-15(4-6-16)22-10-8-21(9-11-22)13-23-17-7-2-14(20)12-18(17)25-19(23)26/h2-7,12H,8-11,13H2,1H3. The van der Waals surface area contributed by atoms with E-state index in [4.69, 9.17) is 33.0 Å². The SMILES string of the molecule is COc1ccc(N2CCN(Cn3c(=S)oc4cc(Cl)ccc43)CC2)cc1. The Kier molecular flexibility index (Phi) is 4.89. The molecule has 2 heterocycles. The molecule has 0 radical (unpaired) electrons. The number of fused-ring (bicyclic) bond motifs is 1. The molecule has 5 nitrogen and oxygen atoms in total. The van der Waals surface area contributed by atoms with E-state index in [2.05, 4.69) is 21.9 Å². The van der Waals surface area contributed by atoms with E-state index in [0.717, 1.165) is 49.7 Å². The molecule has 2 aromatic carbocycles. The second kappa shape index (κ2) is 7.31. The first-order valence-corrected chi connectivity index (χ1v) is 9.33. The molecular weight excluding hydrogens is 370 g/mol. The van der Waals surface area contributed by atoms with E-state index in [1.807, 2.05) is 34.9 Å². The number of aromatic nitrogens is 1. The van der Waals surface area contributed by atoms with E-state index in [9.17, 15) is 0 Å². The van der Waals surface area contributed by atoms with Crippen LogP contribution in [0.25, 0.3) is 11.1 Å². The zero-order valence-corrected chi connectivity index (χ0v) is 16.1. The van der Waals surface area contributed by atoms with Gasteiger partial charge in [-0.2, -0.15) is 0 Å². The third kappa shape index (κ3) is 3.45. The maximum Gasteiger partial charge on any atom is 0.270 e. The molecule has 1 aliphatic heterocycles. The van der Waals surface area contributed by atoms with Crippen molar-refractivity contribution in [1.29, 1.82) is 0 Å². The van der Waals surface area contributed by atoms with Crippen molar-refractivity contribution in [2.45, 2.75) is 6.67 Å². The molecule has 0 saturated carbocycles. The molecular formula is C19H20ClN3O2S. The molecule has 4 rings (SSSR count). The molecule has 1 saturated heterocycles. The minimum atomic E-state index is 0.486. The maximum absolute atomic E-state index is 6.04. The highest BCUT2D eigenvalue weighted by Gasteiger charge is 2.19. The fraction of sp³-hybridized carbons (Fsp3) is 0.316. The molecule has 0 aliphatic carbocycles.